The Kier molecular flexibility index (Phi) is 5.79. The molecular weight excluding hydrogens is 383 g/mol. The van der Waals surface area contributed by atoms with Gasteiger partial charge in [0.1, 0.15) is 5.82 Å². The van der Waals surface area contributed by atoms with Crippen molar-refractivity contribution in [3.05, 3.63) is 69.4 Å². The van der Waals surface area contributed by atoms with Crippen molar-refractivity contribution in [1.82, 2.24) is 0 Å². The minimum absolute atomic E-state index is 0.182. The molecule has 0 saturated carbocycles. The predicted molar refractivity (Wildman–Crippen MR) is 90.0 cm³/mol. The van der Waals surface area contributed by atoms with E-state index in [-0.39, 0.29) is 5.82 Å². The lowest BCUT2D eigenvalue weighted by Crippen LogP contribution is -2.10. The molecule has 0 nitrogen and oxygen atoms in total. The standard InChI is InChI=1S/C17H17Br2F/c1-12-3-2-4-13(5-12)6-15(11-18)7-14-8-16(19)10-17(20)9-14/h2-5,8-10,15H,6-7,11H2,1H3. The van der Waals surface area contributed by atoms with Crippen molar-refractivity contribution in [2.45, 2.75) is 19.8 Å². The summed E-state index contributed by atoms with van der Waals surface area (Å²) in [5.41, 5.74) is 3.66. The van der Waals surface area contributed by atoms with Crippen LogP contribution in [-0.4, -0.2) is 5.33 Å². The number of aryl methyl sites for hydroxylation is 1. The maximum Gasteiger partial charge on any atom is 0.124 e. The minimum Gasteiger partial charge on any atom is -0.207 e. The largest absolute Gasteiger partial charge is 0.207 e. The fourth-order valence-electron chi connectivity index (χ4n) is 2.42. The maximum absolute atomic E-state index is 13.4. The van der Waals surface area contributed by atoms with Gasteiger partial charge < -0.3 is 0 Å². The molecule has 0 spiro atoms. The highest BCUT2D eigenvalue weighted by atomic mass is 79.9. The van der Waals surface area contributed by atoms with Gasteiger partial charge in [0.15, 0.2) is 0 Å². The molecule has 106 valence electrons. The topological polar surface area (TPSA) is 0 Å². The zero-order valence-electron chi connectivity index (χ0n) is 11.4. The van der Waals surface area contributed by atoms with Crippen LogP contribution in [0.25, 0.3) is 0 Å². The number of hydrogen-bond acceptors (Lipinski definition) is 0. The fraction of sp³-hybridized carbons (Fsp3) is 0.294. The van der Waals surface area contributed by atoms with Gasteiger partial charge in [0, 0.05) is 9.80 Å². The average molecular weight is 400 g/mol. The highest BCUT2D eigenvalue weighted by Gasteiger charge is 2.11. The van der Waals surface area contributed by atoms with Gasteiger partial charge in [0.25, 0.3) is 0 Å². The molecule has 0 heterocycles. The van der Waals surface area contributed by atoms with E-state index in [9.17, 15) is 4.39 Å². The SMILES string of the molecule is Cc1cccc(CC(CBr)Cc2cc(F)cc(Br)c2)c1. The Balaban J connectivity index is 2.09. The molecule has 0 fully saturated rings. The first-order valence-corrected chi connectivity index (χ1v) is 8.54. The van der Waals surface area contributed by atoms with Crippen LogP contribution < -0.4 is 0 Å². The number of benzene rings is 2. The molecule has 2 rings (SSSR count). The van der Waals surface area contributed by atoms with Crippen molar-refractivity contribution in [3.8, 4) is 0 Å². The molecule has 0 aliphatic heterocycles. The Labute approximate surface area is 136 Å². The minimum atomic E-state index is -0.182. The van der Waals surface area contributed by atoms with Gasteiger partial charge >= 0.3 is 0 Å². The Morgan fingerprint density at radius 1 is 1.05 bits per heavy atom. The van der Waals surface area contributed by atoms with Crippen molar-refractivity contribution < 1.29 is 4.39 Å². The molecule has 0 radical (unpaired) electrons. The Morgan fingerprint density at radius 3 is 2.45 bits per heavy atom. The summed E-state index contributed by atoms with van der Waals surface area (Å²) in [5, 5.41) is 0.912. The molecule has 2 aromatic rings. The summed E-state index contributed by atoms with van der Waals surface area (Å²) in [6, 6.07) is 13.7. The smallest absolute Gasteiger partial charge is 0.124 e. The molecule has 0 N–H and O–H groups in total. The van der Waals surface area contributed by atoms with Crippen LogP contribution in [0, 0.1) is 18.7 Å². The Hall–Kier alpha value is -0.670. The summed E-state index contributed by atoms with van der Waals surface area (Å²) in [7, 11) is 0. The van der Waals surface area contributed by atoms with Gasteiger partial charge in [-0.25, -0.2) is 4.39 Å². The number of halogens is 3. The third-order valence-electron chi connectivity index (χ3n) is 3.27. The van der Waals surface area contributed by atoms with E-state index in [0.717, 1.165) is 28.2 Å². The molecule has 20 heavy (non-hydrogen) atoms. The van der Waals surface area contributed by atoms with E-state index in [1.54, 1.807) is 6.07 Å². The van der Waals surface area contributed by atoms with Crippen molar-refractivity contribution in [2.75, 3.05) is 5.33 Å². The number of hydrogen-bond donors (Lipinski definition) is 0. The zero-order chi connectivity index (χ0) is 14.5. The monoisotopic (exact) mass is 398 g/mol. The third kappa shape index (κ3) is 4.71. The quantitative estimate of drug-likeness (QED) is 0.566. The molecule has 2 aromatic carbocycles. The first-order chi connectivity index (χ1) is 9.56. The predicted octanol–water partition coefficient (Wildman–Crippen LogP) is 5.69. The van der Waals surface area contributed by atoms with Crippen molar-refractivity contribution in [2.24, 2.45) is 5.92 Å². The van der Waals surface area contributed by atoms with E-state index in [1.165, 1.54) is 17.2 Å². The van der Waals surface area contributed by atoms with E-state index < -0.39 is 0 Å². The van der Waals surface area contributed by atoms with Gasteiger partial charge in [0.2, 0.25) is 0 Å². The third-order valence-corrected chi connectivity index (χ3v) is 4.65. The molecule has 1 unspecified atom stereocenters. The van der Waals surface area contributed by atoms with Crippen LogP contribution in [-0.2, 0) is 12.8 Å². The van der Waals surface area contributed by atoms with E-state index in [2.05, 4.69) is 63.0 Å². The molecule has 0 bridgehead atoms. The van der Waals surface area contributed by atoms with Crippen LogP contribution in [0.4, 0.5) is 4.39 Å². The summed E-state index contributed by atoms with van der Waals surface area (Å²) >= 11 is 6.93. The molecule has 0 aromatic heterocycles. The van der Waals surface area contributed by atoms with Gasteiger partial charge in [-0.15, -0.1) is 0 Å². The highest BCUT2D eigenvalue weighted by molar-refractivity contribution is 9.10. The van der Waals surface area contributed by atoms with Crippen LogP contribution in [0.3, 0.4) is 0 Å². The lowest BCUT2D eigenvalue weighted by molar-refractivity contribution is 0.582. The van der Waals surface area contributed by atoms with E-state index >= 15 is 0 Å². The van der Waals surface area contributed by atoms with Crippen LogP contribution in [0.5, 0.6) is 0 Å². The van der Waals surface area contributed by atoms with Crippen LogP contribution in [0.1, 0.15) is 16.7 Å². The van der Waals surface area contributed by atoms with Crippen LogP contribution >= 0.6 is 31.9 Å². The number of alkyl halides is 1. The van der Waals surface area contributed by atoms with Crippen molar-refractivity contribution >= 4 is 31.9 Å². The zero-order valence-corrected chi connectivity index (χ0v) is 14.5. The van der Waals surface area contributed by atoms with Gasteiger partial charge in [-0.1, -0.05) is 61.7 Å². The molecule has 0 amide bonds. The lowest BCUT2D eigenvalue weighted by atomic mass is 9.93. The van der Waals surface area contributed by atoms with Gasteiger partial charge in [-0.3, -0.25) is 0 Å². The lowest BCUT2D eigenvalue weighted by Gasteiger charge is -2.15. The summed E-state index contributed by atoms with van der Waals surface area (Å²) in [4.78, 5) is 0. The van der Waals surface area contributed by atoms with Crippen molar-refractivity contribution in [3.63, 3.8) is 0 Å². The van der Waals surface area contributed by atoms with Gasteiger partial charge in [-0.2, -0.15) is 0 Å². The molecule has 3 heteroatoms. The molecule has 0 aliphatic carbocycles. The normalized spacial score (nSPS) is 12.4. The van der Waals surface area contributed by atoms with Crippen LogP contribution in [0.15, 0.2) is 46.9 Å². The number of rotatable bonds is 5. The summed E-state index contributed by atoms with van der Waals surface area (Å²) in [5.74, 6) is 0.281. The van der Waals surface area contributed by atoms with E-state index in [1.807, 2.05) is 6.07 Å². The van der Waals surface area contributed by atoms with Gasteiger partial charge in [-0.05, 0) is 55.0 Å². The Bertz CT molecular complexity index is 561. The molecular formula is C17H17Br2F. The van der Waals surface area contributed by atoms with Crippen LogP contribution in [0.2, 0.25) is 0 Å². The maximum atomic E-state index is 13.4. The average Bonchev–Trinajstić information content (AvgIpc) is 2.36. The molecule has 1 atom stereocenters. The first-order valence-electron chi connectivity index (χ1n) is 6.63. The summed E-state index contributed by atoms with van der Waals surface area (Å²) in [6.45, 7) is 2.11. The fourth-order valence-corrected chi connectivity index (χ4v) is 3.39. The van der Waals surface area contributed by atoms with E-state index in [4.69, 9.17) is 0 Å². The van der Waals surface area contributed by atoms with E-state index in [0.29, 0.717) is 5.92 Å². The summed E-state index contributed by atoms with van der Waals surface area (Å²) < 4.78 is 14.2. The summed E-state index contributed by atoms with van der Waals surface area (Å²) in [6.07, 6.45) is 1.87. The van der Waals surface area contributed by atoms with Crippen molar-refractivity contribution in [1.29, 1.82) is 0 Å². The molecule has 0 saturated heterocycles. The highest BCUT2D eigenvalue weighted by Crippen LogP contribution is 2.21. The van der Waals surface area contributed by atoms with Gasteiger partial charge in [0.05, 0.1) is 0 Å². The first kappa shape index (κ1) is 15.7. The Morgan fingerprint density at radius 2 is 1.80 bits per heavy atom. The second kappa shape index (κ2) is 7.37. The second-order valence-electron chi connectivity index (χ2n) is 5.20. The molecule has 0 aliphatic rings. The second-order valence-corrected chi connectivity index (χ2v) is 6.76.